The van der Waals surface area contributed by atoms with Crippen molar-refractivity contribution in [2.45, 2.75) is 63.6 Å². The smallest absolute Gasteiger partial charge is 0.245 e. The van der Waals surface area contributed by atoms with Crippen LogP contribution in [0.5, 0.6) is 0 Å². The third-order valence-electron chi connectivity index (χ3n) is 4.54. The predicted molar refractivity (Wildman–Crippen MR) is 82.2 cm³/mol. The zero-order chi connectivity index (χ0) is 16.0. The van der Waals surface area contributed by atoms with Crippen molar-refractivity contribution < 1.29 is 19.1 Å². The van der Waals surface area contributed by atoms with Crippen LogP contribution in [0.2, 0.25) is 0 Å². The number of hydrogen-bond donors (Lipinski definition) is 1. The number of hydrogen-bond acceptors (Lipinski definition) is 4. The van der Waals surface area contributed by atoms with Crippen LogP contribution in [-0.4, -0.2) is 55.3 Å². The maximum atomic E-state index is 12.6. The van der Waals surface area contributed by atoms with Gasteiger partial charge in [-0.15, -0.1) is 0 Å². The molecule has 2 amide bonds. The van der Waals surface area contributed by atoms with E-state index in [4.69, 9.17) is 9.47 Å². The molecule has 0 aromatic carbocycles. The van der Waals surface area contributed by atoms with E-state index in [2.05, 4.69) is 5.32 Å². The van der Waals surface area contributed by atoms with Crippen molar-refractivity contribution in [3.63, 3.8) is 0 Å². The van der Waals surface area contributed by atoms with E-state index >= 15 is 0 Å². The summed E-state index contributed by atoms with van der Waals surface area (Å²) in [4.78, 5) is 26.8. The standard InChI is InChI=1S/C16H28N2O4/c1-3-7-14(19)18-13(15(20)17-10-11-21-2)12-22-16(18)8-5-4-6-9-16/h13H,3-12H2,1-2H3,(H,17,20). The second kappa shape index (κ2) is 7.92. The number of carbonyl (C=O) groups is 2. The van der Waals surface area contributed by atoms with Gasteiger partial charge >= 0.3 is 0 Å². The summed E-state index contributed by atoms with van der Waals surface area (Å²) >= 11 is 0. The number of methoxy groups -OCH3 is 1. The molecule has 2 fully saturated rings. The molecule has 1 saturated carbocycles. The van der Waals surface area contributed by atoms with Gasteiger partial charge in [0.25, 0.3) is 0 Å². The molecular formula is C16H28N2O4. The van der Waals surface area contributed by atoms with E-state index < -0.39 is 11.8 Å². The Morgan fingerprint density at radius 3 is 2.68 bits per heavy atom. The van der Waals surface area contributed by atoms with Crippen molar-refractivity contribution in [3.05, 3.63) is 0 Å². The minimum atomic E-state index is -0.548. The van der Waals surface area contributed by atoms with Crippen LogP contribution in [0.1, 0.15) is 51.9 Å². The molecule has 6 nitrogen and oxygen atoms in total. The Bertz CT molecular complexity index is 394. The summed E-state index contributed by atoms with van der Waals surface area (Å²) in [5, 5.41) is 2.84. The average Bonchev–Trinajstić information content (AvgIpc) is 2.87. The molecule has 0 aromatic heterocycles. The van der Waals surface area contributed by atoms with Gasteiger partial charge in [-0.1, -0.05) is 13.3 Å². The zero-order valence-electron chi connectivity index (χ0n) is 13.7. The van der Waals surface area contributed by atoms with Crippen molar-refractivity contribution in [2.24, 2.45) is 0 Å². The van der Waals surface area contributed by atoms with Gasteiger partial charge in [0.1, 0.15) is 11.8 Å². The summed E-state index contributed by atoms with van der Waals surface area (Å²) in [6, 6.07) is -0.506. The molecule has 1 aliphatic heterocycles. The first kappa shape index (κ1) is 17.2. The average molecular weight is 312 g/mol. The molecule has 1 saturated heterocycles. The number of nitrogens with one attached hydrogen (secondary N) is 1. The van der Waals surface area contributed by atoms with Crippen LogP contribution in [0, 0.1) is 0 Å². The maximum absolute atomic E-state index is 12.6. The van der Waals surface area contributed by atoms with E-state index in [1.165, 1.54) is 6.42 Å². The SMILES string of the molecule is CCCC(=O)N1C(C(=O)NCCOC)COC12CCCCC2. The number of nitrogens with zero attached hydrogens (tertiary/aromatic N) is 1. The Labute approximate surface area is 132 Å². The molecule has 22 heavy (non-hydrogen) atoms. The number of amides is 2. The second-order valence-corrected chi connectivity index (χ2v) is 6.13. The Hall–Kier alpha value is -1.14. The number of rotatable bonds is 6. The van der Waals surface area contributed by atoms with Crippen molar-refractivity contribution in [3.8, 4) is 0 Å². The Morgan fingerprint density at radius 1 is 1.32 bits per heavy atom. The third-order valence-corrected chi connectivity index (χ3v) is 4.54. The molecule has 1 unspecified atom stereocenters. The summed E-state index contributed by atoms with van der Waals surface area (Å²) < 4.78 is 11.0. The van der Waals surface area contributed by atoms with E-state index in [1.54, 1.807) is 12.0 Å². The van der Waals surface area contributed by atoms with Gasteiger partial charge in [-0.2, -0.15) is 0 Å². The lowest BCUT2D eigenvalue weighted by Crippen LogP contribution is -2.56. The summed E-state index contributed by atoms with van der Waals surface area (Å²) in [6.45, 7) is 3.20. The third kappa shape index (κ3) is 3.60. The highest BCUT2D eigenvalue weighted by atomic mass is 16.5. The molecule has 0 radical (unpaired) electrons. The Balaban J connectivity index is 2.11. The lowest BCUT2D eigenvalue weighted by molar-refractivity contribution is -0.160. The molecular weight excluding hydrogens is 284 g/mol. The minimum Gasteiger partial charge on any atom is -0.383 e. The monoisotopic (exact) mass is 312 g/mol. The van der Waals surface area contributed by atoms with Crippen molar-refractivity contribution >= 4 is 11.8 Å². The minimum absolute atomic E-state index is 0.0359. The Morgan fingerprint density at radius 2 is 2.05 bits per heavy atom. The number of ether oxygens (including phenoxy) is 2. The van der Waals surface area contributed by atoms with Crippen LogP contribution in [0.3, 0.4) is 0 Å². The van der Waals surface area contributed by atoms with Crippen LogP contribution in [0.25, 0.3) is 0 Å². The van der Waals surface area contributed by atoms with Crippen molar-refractivity contribution in [2.75, 3.05) is 26.9 Å². The summed E-state index contributed by atoms with van der Waals surface area (Å²) in [5.41, 5.74) is -0.548. The second-order valence-electron chi connectivity index (χ2n) is 6.13. The molecule has 6 heteroatoms. The van der Waals surface area contributed by atoms with Crippen molar-refractivity contribution in [1.29, 1.82) is 0 Å². The van der Waals surface area contributed by atoms with E-state index in [1.807, 2.05) is 6.92 Å². The highest BCUT2D eigenvalue weighted by molar-refractivity contribution is 5.88. The summed E-state index contributed by atoms with van der Waals surface area (Å²) in [6.07, 6.45) is 6.19. The van der Waals surface area contributed by atoms with Gasteiger partial charge in [0.15, 0.2) is 0 Å². The largest absolute Gasteiger partial charge is 0.383 e. The lowest BCUT2D eigenvalue weighted by atomic mass is 9.90. The van der Waals surface area contributed by atoms with Gasteiger partial charge in [-0.25, -0.2) is 0 Å². The van der Waals surface area contributed by atoms with Crippen LogP contribution in [0.15, 0.2) is 0 Å². The van der Waals surface area contributed by atoms with Crippen LogP contribution < -0.4 is 5.32 Å². The van der Waals surface area contributed by atoms with Crippen LogP contribution in [0.4, 0.5) is 0 Å². The van der Waals surface area contributed by atoms with E-state index in [-0.39, 0.29) is 11.8 Å². The highest BCUT2D eigenvalue weighted by Gasteiger charge is 2.52. The van der Waals surface area contributed by atoms with Gasteiger partial charge in [-0.05, 0) is 32.1 Å². The maximum Gasteiger partial charge on any atom is 0.245 e. The lowest BCUT2D eigenvalue weighted by Gasteiger charge is -2.41. The van der Waals surface area contributed by atoms with Gasteiger partial charge in [0, 0.05) is 20.1 Å². The Kier molecular flexibility index (Phi) is 6.20. The predicted octanol–water partition coefficient (Wildman–Crippen LogP) is 1.44. The fourth-order valence-electron chi connectivity index (χ4n) is 3.47. The molecule has 2 aliphatic rings. The molecule has 1 heterocycles. The molecule has 0 bridgehead atoms. The highest BCUT2D eigenvalue weighted by Crippen LogP contribution is 2.40. The van der Waals surface area contributed by atoms with Crippen LogP contribution >= 0.6 is 0 Å². The van der Waals surface area contributed by atoms with Gasteiger partial charge in [-0.3, -0.25) is 14.5 Å². The topological polar surface area (TPSA) is 67.9 Å². The fraction of sp³-hybridized carbons (Fsp3) is 0.875. The van der Waals surface area contributed by atoms with E-state index in [0.29, 0.717) is 26.2 Å². The zero-order valence-corrected chi connectivity index (χ0v) is 13.7. The molecule has 1 atom stereocenters. The molecule has 2 rings (SSSR count). The van der Waals surface area contributed by atoms with Gasteiger partial charge in [0.2, 0.25) is 11.8 Å². The van der Waals surface area contributed by atoms with Crippen molar-refractivity contribution in [1.82, 2.24) is 10.2 Å². The summed E-state index contributed by atoms with van der Waals surface area (Å²) in [7, 11) is 1.60. The van der Waals surface area contributed by atoms with Gasteiger partial charge in [0.05, 0.1) is 13.2 Å². The molecule has 1 spiro atoms. The normalized spacial score (nSPS) is 23.7. The summed E-state index contributed by atoms with van der Waals surface area (Å²) in [5.74, 6) is -0.0993. The molecule has 0 aromatic rings. The molecule has 126 valence electrons. The van der Waals surface area contributed by atoms with E-state index in [0.717, 1.165) is 32.1 Å². The first-order valence-electron chi connectivity index (χ1n) is 8.37. The van der Waals surface area contributed by atoms with E-state index in [9.17, 15) is 9.59 Å². The quantitative estimate of drug-likeness (QED) is 0.754. The first-order valence-corrected chi connectivity index (χ1v) is 8.37. The van der Waals surface area contributed by atoms with Gasteiger partial charge < -0.3 is 14.8 Å². The number of carbonyl (C=O) groups excluding carboxylic acids is 2. The molecule has 1 aliphatic carbocycles. The molecule has 1 N–H and O–H groups in total. The van der Waals surface area contributed by atoms with Crippen LogP contribution in [-0.2, 0) is 19.1 Å². The fourth-order valence-corrected chi connectivity index (χ4v) is 3.47. The first-order chi connectivity index (χ1) is 10.6.